The van der Waals surface area contributed by atoms with E-state index in [-0.39, 0.29) is 65.0 Å². The molecule has 0 rings (SSSR count). The van der Waals surface area contributed by atoms with Gasteiger partial charge in [-0.2, -0.15) is 0 Å². The van der Waals surface area contributed by atoms with Gasteiger partial charge in [-0.15, -0.1) is 0 Å². The number of hydrogen-bond donors (Lipinski definition) is 3. The van der Waals surface area contributed by atoms with Crippen LogP contribution in [0.1, 0.15) is 122 Å². The highest BCUT2D eigenvalue weighted by Gasteiger charge is 2.26. The molecule has 0 spiro atoms. The van der Waals surface area contributed by atoms with Crippen LogP contribution in [0.25, 0.3) is 0 Å². The monoisotopic (exact) mass is 541 g/mol. The van der Waals surface area contributed by atoms with E-state index in [2.05, 4.69) is 22.9 Å². The molecule has 0 aliphatic rings. The average molecular weight is 542 g/mol. The molecule has 3 amide bonds. The van der Waals surface area contributed by atoms with Crippen molar-refractivity contribution >= 4 is 23.7 Å². The van der Waals surface area contributed by atoms with E-state index < -0.39 is 0 Å². The zero-order valence-corrected chi connectivity index (χ0v) is 26.5. The second-order valence-electron chi connectivity index (χ2n) is 12.1. The van der Waals surface area contributed by atoms with Crippen molar-refractivity contribution in [2.75, 3.05) is 6.61 Å². The number of unbranched alkanes of at least 4 members (excludes halogenated alkanes) is 1. The fourth-order valence-electron chi connectivity index (χ4n) is 3.73. The quantitative estimate of drug-likeness (QED) is 0.190. The van der Waals surface area contributed by atoms with E-state index >= 15 is 0 Å². The molecule has 224 valence electrons. The molecule has 0 radical (unpaired) electrons. The first-order valence-corrected chi connectivity index (χ1v) is 14.6. The van der Waals surface area contributed by atoms with Crippen LogP contribution in [0.2, 0.25) is 0 Å². The molecular weight excluding hydrogens is 482 g/mol. The van der Waals surface area contributed by atoms with Crippen molar-refractivity contribution in [1.82, 2.24) is 16.0 Å². The summed E-state index contributed by atoms with van der Waals surface area (Å²) in [5.41, 5.74) is -0.229. The Morgan fingerprint density at radius 2 is 1.11 bits per heavy atom. The van der Waals surface area contributed by atoms with Crippen LogP contribution in [0, 0.1) is 23.7 Å². The Kier molecular flexibility index (Phi) is 19.9. The van der Waals surface area contributed by atoms with E-state index in [1.807, 2.05) is 76.2 Å². The van der Waals surface area contributed by atoms with Gasteiger partial charge in [0.15, 0.2) is 0 Å². The number of amides is 3. The molecule has 3 N–H and O–H groups in total. The van der Waals surface area contributed by atoms with E-state index in [0.717, 1.165) is 25.7 Å². The summed E-state index contributed by atoms with van der Waals surface area (Å²) in [6.07, 6.45) is 4.55. The number of rotatable bonds is 15. The first kappa shape index (κ1) is 38.0. The molecule has 0 saturated heterocycles. The van der Waals surface area contributed by atoms with Gasteiger partial charge in [0, 0.05) is 35.4 Å². The predicted octanol–water partition coefficient (Wildman–Crippen LogP) is 5.38. The Hall–Kier alpha value is -2.12. The third-order valence-corrected chi connectivity index (χ3v) is 5.96. The summed E-state index contributed by atoms with van der Waals surface area (Å²) < 4.78 is 5.18. The summed E-state index contributed by atoms with van der Waals surface area (Å²) in [7, 11) is 0. The maximum absolute atomic E-state index is 12.0. The van der Waals surface area contributed by atoms with Crippen molar-refractivity contribution in [2.45, 2.75) is 139 Å². The van der Waals surface area contributed by atoms with Crippen LogP contribution in [-0.2, 0) is 23.9 Å². The molecule has 0 fully saturated rings. The highest BCUT2D eigenvalue weighted by molar-refractivity contribution is 5.82. The van der Waals surface area contributed by atoms with Gasteiger partial charge in [0.2, 0.25) is 17.7 Å². The van der Waals surface area contributed by atoms with Crippen molar-refractivity contribution in [3.8, 4) is 0 Å². The number of hydrogen-bond acceptors (Lipinski definition) is 5. The van der Waals surface area contributed by atoms with Gasteiger partial charge >= 0.3 is 5.97 Å². The van der Waals surface area contributed by atoms with Gasteiger partial charge in [-0.05, 0) is 80.6 Å². The fraction of sp³-hybridized carbons (Fsp3) is 0.867. The van der Waals surface area contributed by atoms with Crippen LogP contribution in [-0.4, -0.2) is 47.9 Å². The van der Waals surface area contributed by atoms with E-state index in [9.17, 15) is 19.2 Å². The van der Waals surface area contributed by atoms with Gasteiger partial charge in [0.05, 0.1) is 12.5 Å². The third-order valence-electron chi connectivity index (χ3n) is 5.96. The molecule has 8 heteroatoms. The molecule has 0 heterocycles. The van der Waals surface area contributed by atoms with Crippen LogP contribution in [0.5, 0.6) is 0 Å². The normalized spacial score (nSPS) is 14.5. The van der Waals surface area contributed by atoms with Crippen molar-refractivity contribution in [3.05, 3.63) is 0 Å². The number of nitrogens with one attached hydrogen (secondary N) is 3. The first-order chi connectivity index (χ1) is 17.5. The Bertz CT molecular complexity index is 700. The van der Waals surface area contributed by atoms with E-state index in [4.69, 9.17) is 4.74 Å². The summed E-state index contributed by atoms with van der Waals surface area (Å²) >= 11 is 0. The number of carbonyl (C=O) groups excluding carboxylic acids is 4. The largest absolute Gasteiger partial charge is 0.465 e. The van der Waals surface area contributed by atoms with Crippen molar-refractivity contribution < 1.29 is 23.9 Å². The van der Waals surface area contributed by atoms with Crippen molar-refractivity contribution in [3.63, 3.8) is 0 Å². The van der Waals surface area contributed by atoms with Crippen LogP contribution in [0.4, 0.5) is 0 Å². The van der Waals surface area contributed by atoms with E-state index in [0.29, 0.717) is 19.4 Å². The molecule has 0 bridgehead atoms. The summed E-state index contributed by atoms with van der Waals surface area (Å²) in [6, 6.07) is 0.272. The lowest BCUT2D eigenvalue weighted by Crippen LogP contribution is -2.44. The lowest BCUT2D eigenvalue weighted by molar-refractivity contribution is -0.149. The zero-order valence-electron chi connectivity index (χ0n) is 26.5. The second-order valence-corrected chi connectivity index (χ2v) is 12.1. The molecule has 0 saturated carbocycles. The lowest BCUT2D eigenvalue weighted by Gasteiger charge is -2.25. The Labute approximate surface area is 233 Å². The summed E-state index contributed by atoms with van der Waals surface area (Å²) in [5.74, 6) is -0.674. The van der Waals surface area contributed by atoms with Crippen LogP contribution in [0.15, 0.2) is 0 Å². The van der Waals surface area contributed by atoms with Crippen LogP contribution < -0.4 is 16.0 Å². The van der Waals surface area contributed by atoms with Gasteiger partial charge in [0.25, 0.3) is 0 Å². The predicted molar refractivity (Wildman–Crippen MR) is 155 cm³/mol. The summed E-state index contributed by atoms with van der Waals surface area (Å²) in [4.78, 5) is 47.7. The standard InChI is InChI=1S/C15H30N2O2.C15H29NO3/c1-8-12(14(19)16-10(2)3)9-11(4)13(18)17-15(5,6)7;1-6-8-9-19-15(18)12(5)10-13(7-2)14(17)16-11(3)4/h10-12H,8-9H2,1-7H3,(H,16,19)(H,17,18);11-13H,6-10H2,1-5H3,(H,16,17). The van der Waals surface area contributed by atoms with Gasteiger partial charge in [-0.3, -0.25) is 19.2 Å². The Balaban J connectivity index is 0. The molecule has 0 aromatic heterocycles. The highest BCUT2D eigenvalue weighted by Crippen LogP contribution is 2.18. The molecular formula is C30H59N3O5. The van der Waals surface area contributed by atoms with Crippen LogP contribution >= 0.6 is 0 Å². The smallest absolute Gasteiger partial charge is 0.308 e. The SMILES string of the molecule is CCC(CC(C)C(=O)NC(C)(C)C)C(=O)NC(C)C.CCCCOC(=O)C(C)CC(CC)C(=O)NC(C)C. The van der Waals surface area contributed by atoms with Gasteiger partial charge in [0.1, 0.15) is 0 Å². The number of esters is 1. The molecule has 38 heavy (non-hydrogen) atoms. The van der Waals surface area contributed by atoms with Gasteiger partial charge in [-0.25, -0.2) is 0 Å². The number of carbonyl (C=O) groups is 4. The maximum Gasteiger partial charge on any atom is 0.308 e. The van der Waals surface area contributed by atoms with Crippen molar-refractivity contribution in [2.24, 2.45) is 23.7 Å². The van der Waals surface area contributed by atoms with Gasteiger partial charge < -0.3 is 20.7 Å². The van der Waals surface area contributed by atoms with Gasteiger partial charge in [-0.1, -0.05) is 41.0 Å². The minimum atomic E-state index is -0.229. The minimum absolute atomic E-state index is 0.0169. The van der Waals surface area contributed by atoms with E-state index in [1.54, 1.807) is 0 Å². The molecule has 8 nitrogen and oxygen atoms in total. The Morgan fingerprint density at radius 1 is 0.684 bits per heavy atom. The maximum atomic E-state index is 12.0. The van der Waals surface area contributed by atoms with E-state index in [1.165, 1.54) is 0 Å². The third kappa shape index (κ3) is 19.0. The molecule has 0 aromatic carbocycles. The Morgan fingerprint density at radius 3 is 1.45 bits per heavy atom. The lowest BCUT2D eigenvalue weighted by atomic mass is 9.91. The summed E-state index contributed by atoms with van der Waals surface area (Å²) in [5, 5.41) is 8.77. The molecule has 0 aliphatic heterocycles. The molecule has 0 aliphatic carbocycles. The summed E-state index contributed by atoms with van der Waals surface area (Å²) in [6.45, 7) is 23.8. The van der Waals surface area contributed by atoms with Crippen molar-refractivity contribution in [1.29, 1.82) is 0 Å². The molecule has 0 aromatic rings. The fourth-order valence-corrected chi connectivity index (χ4v) is 3.73. The molecule has 4 unspecified atom stereocenters. The second kappa shape index (κ2) is 19.9. The topological polar surface area (TPSA) is 114 Å². The minimum Gasteiger partial charge on any atom is -0.465 e. The molecule has 4 atom stereocenters. The van der Waals surface area contributed by atoms with Crippen LogP contribution in [0.3, 0.4) is 0 Å². The first-order valence-electron chi connectivity index (χ1n) is 14.6. The average Bonchev–Trinajstić information content (AvgIpc) is 2.78. The number of ether oxygens (including phenoxy) is 1. The highest BCUT2D eigenvalue weighted by atomic mass is 16.5. The zero-order chi connectivity index (χ0) is 30.1.